The minimum atomic E-state index is -0.598. The normalized spacial score (nSPS) is 11.9. The van der Waals surface area contributed by atoms with Crippen molar-refractivity contribution in [1.82, 2.24) is 5.32 Å². The minimum Gasteiger partial charge on any atom is -0.465 e. The number of thioether (sulfide) groups is 1. The summed E-state index contributed by atoms with van der Waals surface area (Å²) in [7, 11) is 0. The van der Waals surface area contributed by atoms with Gasteiger partial charge >= 0.3 is 5.97 Å². The van der Waals surface area contributed by atoms with Crippen LogP contribution in [0, 0.1) is 0 Å². The van der Waals surface area contributed by atoms with E-state index in [0.29, 0.717) is 31.1 Å². The van der Waals surface area contributed by atoms with E-state index in [-0.39, 0.29) is 11.9 Å². The number of amides is 1. The summed E-state index contributed by atoms with van der Waals surface area (Å²) in [5.74, 6) is 0.693. The Morgan fingerprint density at radius 3 is 3.00 bits per heavy atom. The van der Waals surface area contributed by atoms with Crippen molar-refractivity contribution in [2.45, 2.75) is 25.8 Å². The molecule has 0 aliphatic rings. The van der Waals surface area contributed by atoms with Crippen LogP contribution in [0.1, 0.15) is 18.2 Å². The van der Waals surface area contributed by atoms with E-state index < -0.39 is 6.04 Å². The number of nitrogens with one attached hydrogen (secondary N) is 1. The van der Waals surface area contributed by atoms with Gasteiger partial charge in [-0.05, 0) is 37.0 Å². The van der Waals surface area contributed by atoms with E-state index in [1.54, 1.807) is 18.3 Å². The maximum Gasteiger partial charge on any atom is 0.322 e. The zero-order valence-corrected chi connectivity index (χ0v) is 13.8. The third-order valence-corrected chi connectivity index (χ3v) is 4.60. The average Bonchev–Trinajstić information content (AvgIpc) is 2.97. The second-order valence-corrected chi connectivity index (χ2v) is 6.52. The number of rotatable bonds is 10. The lowest BCUT2D eigenvalue weighted by atomic mass is 10.2. The summed E-state index contributed by atoms with van der Waals surface area (Å²) in [6, 6.07) is 3.46. The van der Waals surface area contributed by atoms with Gasteiger partial charge in [-0.3, -0.25) is 9.59 Å². The number of thiophene rings is 1. The minimum absolute atomic E-state index is 0.0151. The fraction of sp³-hybridized carbons (Fsp3) is 0.571. The Kier molecular flexibility index (Phi) is 9.12. The van der Waals surface area contributed by atoms with Gasteiger partial charge in [0.05, 0.1) is 12.4 Å². The van der Waals surface area contributed by atoms with Crippen LogP contribution in [-0.4, -0.2) is 42.6 Å². The van der Waals surface area contributed by atoms with Gasteiger partial charge in [-0.2, -0.15) is 11.8 Å². The van der Waals surface area contributed by atoms with Crippen LogP contribution in [0.3, 0.4) is 0 Å². The quantitative estimate of drug-likeness (QED) is 0.501. The molecule has 0 spiro atoms. The Labute approximate surface area is 133 Å². The Bertz CT molecular complexity index is 424. The van der Waals surface area contributed by atoms with E-state index in [1.165, 1.54) is 16.6 Å². The predicted octanol–water partition coefficient (Wildman–Crippen LogP) is 1.42. The van der Waals surface area contributed by atoms with Gasteiger partial charge in [0, 0.05) is 11.4 Å². The molecule has 0 saturated heterocycles. The summed E-state index contributed by atoms with van der Waals surface area (Å²) in [4.78, 5) is 24.2. The Morgan fingerprint density at radius 2 is 2.33 bits per heavy atom. The number of carbonyl (C=O) groups excluding carboxylic acids is 2. The highest BCUT2D eigenvalue weighted by atomic mass is 32.2. The smallest absolute Gasteiger partial charge is 0.322 e. The van der Waals surface area contributed by atoms with Crippen molar-refractivity contribution >= 4 is 35.0 Å². The van der Waals surface area contributed by atoms with Crippen molar-refractivity contribution in [3.63, 3.8) is 0 Å². The molecule has 1 aromatic heterocycles. The molecule has 0 saturated carbocycles. The number of ether oxygens (including phenoxy) is 1. The molecule has 1 atom stereocenters. The van der Waals surface area contributed by atoms with Crippen LogP contribution in [0.4, 0.5) is 0 Å². The van der Waals surface area contributed by atoms with Crippen LogP contribution in [0.2, 0.25) is 0 Å². The summed E-state index contributed by atoms with van der Waals surface area (Å²) < 4.78 is 4.82. The number of hydrogen-bond donors (Lipinski definition) is 2. The molecule has 1 rings (SSSR count). The van der Waals surface area contributed by atoms with Gasteiger partial charge in [-0.1, -0.05) is 6.07 Å². The van der Waals surface area contributed by atoms with Crippen molar-refractivity contribution in [2.75, 3.05) is 24.7 Å². The molecule has 0 bridgehead atoms. The van der Waals surface area contributed by atoms with Crippen LogP contribution in [0.25, 0.3) is 0 Å². The number of nitrogens with two attached hydrogens (primary N) is 1. The highest BCUT2D eigenvalue weighted by Crippen LogP contribution is 2.08. The van der Waals surface area contributed by atoms with Gasteiger partial charge in [-0.25, -0.2) is 0 Å². The maximum absolute atomic E-state index is 11.6. The molecular weight excluding hydrogens is 308 g/mol. The lowest BCUT2D eigenvalue weighted by Crippen LogP contribution is -2.33. The van der Waals surface area contributed by atoms with E-state index in [4.69, 9.17) is 10.5 Å². The van der Waals surface area contributed by atoms with Crippen LogP contribution >= 0.6 is 23.1 Å². The largest absolute Gasteiger partial charge is 0.465 e. The Morgan fingerprint density at radius 1 is 1.52 bits per heavy atom. The van der Waals surface area contributed by atoms with Crippen molar-refractivity contribution in [3.8, 4) is 0 Å². The highest BCUT2D eigenvalue weighted by Gasteiger charge is 2.14. The summed E-state index contributed by atoms with van der Waals surface area (Å²) in [6.45, 7) is 2.74. The van der Waals surface area contributed by atoms with Crippen LogP contribution in [0.5, 0.6) is 0 Å². The number of hydrogen-bond acceptors (Lipinski definition) is 6. The van der Waals surface area contributed by atoms with Gasteiger partial charge in [0.15, 0.2) is 0 Å². The topological polar surface area (TPSA) is 81.4 Å². The van der Waals surface area contributed by atoms with Gasteiger partial charge in [0.2, 0.25) is 5.91 Å². The molecule has 0 aromatic carbocycles. The van der Waals surface area contributed by atoms with Gasteiger partial charge < -0.3 is 15.8 Å². The monoisotopic (exact) mass is 330 g/mol. The summed E-state index contributed by atoms with van der Waals surface area (Å²) in [5.41, 5.74) is 5.67. The van der Waals surface area contributed by atoms with Crippen molar-refractivity contribution in [3.05, 3.63) is 22.4 Å². The molecule has 118 valence electrons. The lowest BCUT2D eigenvalue weighted by molar-refractivity contribution is -0.144. The van der Waals surface area contributed by atoms with E-state index in [2.05, 4.69) is 11.4 Å². The number of carbonyl (C=O) groups is 2. The first-order chi connectivity index (χ1) is 10.1. The van der Waals surface area contributed by atoms with Crippen LogP contribution in [0.15, 0.2) is 17.5 Å². The molecule has 3 N–H and O–H groups in total. The molecule has 1 heterocycles. The molecule has 0 radical (unpaired) electrons. The van der Waals surface area contributed by atoms with Gasteiger partial charge in [0.25, 0.3) is 0 Å². The molecule has 1 unspecified atom stereocenters. The predicted molar refractivity (Wildman–Crippen MR) is 87.6 cm³/mol. The van der Waals surface area contributed by atoms with Crippen molar-refractivity contribution < 1.29 is 14.3 Å². The van der Waals surface area contributed by atoms with Gasteiger partial charge in [-0.15, -0.1) is 11.3 Å². The first-order valence-corrected chi connectivity index (χ1v) is 8.96. The third kappa shape index (κ3) is 8.08. The average molecular weight is 330 g/mol. The Hall–Kier alpha value is -1.05. The van der Waals surface area contributed by atoms with E-state index in [9.17, 15) is 9.59 Å². The molecule has 0 aliphatic heterocycles. The second kappa shape index (κ2) is 10.6. The number of esters is 1. The van der Waals surface area contributed by atoms with Crippen LogP contribution < -0.4 is 11.1 Å². The Balaban J connectivity index is 2.01. The highest BCUT2D eigenvalue weighted by molar-refractivity contribution is 7.99. The molecule has 7 heteroatoms. The fourth-order valence-corrected chi connectivity index (χ4v) is 3.13. The summed E-state index contributed by atoms with van der Waals surface area (Å²) in [6.07, 6.45) is 1.38. The first-order valence-electron chi connectivity index (χ1n) is 6.92. The zero-order valence-electron chi connectivity index (χ0n) is 12.2. The zero-order chi connectivity index (χ0) is 15.5. The standard InChI is InChI=1S/C14H22N2O3S2/c1-2-19-14(18)12(15)6-9-20-10-13(17)16-7-5-11-4-3-8-21-11/h3-4,8,12H,2,5-7,9-10,15H2,1H3,(H,16,17). The maximum atomic E-state index is 11.6. The molecular formula is C14H22N2O3S2. The first kappa shape index (κ1) is 18.0. The fourth-order valence-electron chi connectivity index (χ4n) is 1.57. The third-order valence-electron chi connectivity index (χ3n) is 2.67. The summed E-state index contributed by atoms with van der Waals surface area (Å²) >= 11 is 3.17. The SMILES string of the molecule is CCOC(=O)C(N)CCSCC(=O)NCCc1cccs1. The van der Waals surface area contributed by atoms with Gasteiger partial charge in [0.1, 0.15) is 6.04 Å². The molecule has 0 fully saturated rings. The molecule has 1 aromatic rings. The lowest BCUT2D eigenvalue weighted by Gasteiger charge is -2.10. The molecule has 21 heavy (non-hydrogen) atoms. The van der Waals surface area contributed by atoms with E-state index in [1.807, 2.05) is 11.4 Å². The summed E-state index contributed by atoms with van der Waals surface area (Å²) in [5, 5.41) is 4.90. The molecule has 5 nitrogen and oxygen atoms in total. The second-order valence-electron chi connectivity index (χ2n) is 4.38. The van der Waals surface area contributed by atoms with Crippen molar-refractivity contribution in [2.24, 2.45) is 5.73 Å². The molecule has 1 amide bonds. The van der Waals surface area contributed by atoms with Crippen LogP contribution in [-0.2, 0) is 20.7 Å². The van der Waals surface area contributed by atoms with E-state index >= 15 is 0 Å². The van der Waals surface area contributed by atoms with Crippen molar-refractivity contribution in [1.29, 1.82) is 0 Å². The van der Waals surface area contributed by atoms with E-state index in [0.717, 1.165) is 6.42 Å². The molecule has 0 aliphatic carbocycles.